The maximum absolute atomic E-state index is 12.4. The SMILES string of the molecule is C#CCCCNC(C)CC1CCCCN1C(=O)OC(C)(C)C. The Labute approximate surface area is 136 Å². The van der Waals surface area contributed by atoms with Crippen molar-refractivity contribution in [2.75, 3.05) is 13.1 Å². The van der Waals surface area contributed by atoms with E-state index in [2.05, 4.69) is 18.2 Å². The molecule has 1 amide bonds. The van der Waals surface area contributed by atoms with E-state index in [9.17, 15) is 4.79 Å². The largest absolute Gasteiger partial charge is 0.444 e. The first kappa shape index (κ1) is 18.8. The number of nitrogens with one attached hydrogen (secondary N) is 1. The fourth-order valence-corrected chi connectivity index (χ4v) is 2.84. The van der Waals surface area contributed by atoms with Gasteiger partial charge in [-0.1, -0.05) is 0 Å². The Balaban J connectivity index is 2.47. The molecule has 22 heavy (non-hydrogen) atoms. The molecular weight excluding hydrogens is 276 g/mol. The number of nitrogens with zero attached hydrogens (tertiary/aromatic N) is 1. The van der Waals surface area contributed by atoms with Gasteiger partial charge in [-0.15, -0.1) is 12.3 Å². The number of hydrogen-bond donors (Lipinski definition) is 1. The molecule has 4 nitrogen and oxygen atoms in total. The summed E-state index contributed by atoms with van der Waals surface area (Å²) in [5.41, 5.74) is -0.432. The summed E-state index contributed by atoms with van der Waals surface area (Å²) in [5, 5.41) is 3.50. The van der Waals surface area contributed by atoms with Crippen molar-refractivity contribution in [2.24, 2.45) is 0 Å². The second-order valence-electron chi connectivity index (χ2n) is 7.22. The van der Waals surface area contributed by atoms with Crippen LogP contribution in [0.1, 0.15) is 66.2 Å². The van der Waals surface area contributed by atoms with Crippen LogP contribution in [0.15, 0.2) is 0 Å². The van der Waals surface area contributed by atoms with Gasteiger partial charge in [0.2, 0.25) is 0 Å². The number of piperidine rings is 1. The van der Waals surface area contributed by atoms with E-state index in [1.807, 2.05) is 25.7 Å². The molecule has 0 spiro atoms. The zero-order valence-corrected chi connectivity index (χ0v) is 14.7. The summed E-state index contributed by atoms with van der Waals surface area (Å²) < 4.78 is 5.55. The Morgan fingerprint density at radius 1 is 1.45 bits per heavy atom. The number of terminal acetylenes is 1. The van der Waals surface area contributed by atoms with Crippen LogP contribution in [0, 0.1) is 12.3 Å². The van der Waals surface area contributed by atoms with E-state index in [0.29, 0.717) is 6.04 Å². The van der Waals surface area contributed by atoms with Crippen LogP contribution in [0.5, 0.6) is 0 Å². The Kier molecular flexibility index (Phi) is 7.75. The summed E-state index contributed by atoms with van der Waals surface area (Å²) in [6.07, 6.45) is 11.2. The molecular formula is C18H32N2O2. The van der Waals surface area contributed by atoms with Gasteiger partial charge in [0.05, 0.1) is 0 Å². The van der Waals surface area contributed by atoms with Crippen molar-refractivity contribution in [1.29, 1.82) is 0 Å². The monoisotopic (exact) mass is 308 g/mol. The van der Waals surface area contributed by atoms with Gasteiger partial charge in [-0.05, 0) is 66.3 Å². The number of rotatable bonds is 6. The summed E-state index contributed by atoms with van der Waals surface area (Å²) in [6, 6.07) is 0.657. The fourth-order valence-electron chi connectivity index (χ4n) is 2.84. The number of carbonyl (C=O) groups is 1. The lowest BCUT2D eigenvalue weighted by Crippen LogP contribution is -2.48. The molecule has 0 aliphatic carbocycles. The van der Waals surface area contributed by atoms with Crippen LogP contribution in [0.2, 0.25) is 0 Å². The molecule has 1 rings (SSSR count). The molecule has 0 bridgehead atoms. The maximum Gasteiger partial charge on any atom is 0.410 e. The number of carbonyl (C=O) groups excluding carboxylic acids is 1. The molecule has 1 aliphatic rings. The highest BCUT2D eigenvalue weighted by molar-refractivity contribution is 5.68. The molecule has 1 N–H and O–H groups in total. The highest BCUT2D eigenvalue weighted by Crippen LogP contribution is 2.23. The highest BCUT2D eigenvalue weighted by atomic mass is 16.6. The predicted octanol–water partition coefficient (Wildman–Crippen LogP) is 3.56. The van der Waals surface area contributed by atoms with Crippen molar-refractivity contribution >= 4 is 6.09 Å². The van der Waals surface area contributed by atoms with E-state index in [-0.39, 0.29) is 12.1 Å². The third kappa shape index (κ3) is 7.17. The fraction of sp³-hybridized carbons (Fsp3) is 0.833. The van der Waals surface area contributed by atoms with Gasteiger partial charge < -0.3 is 15.0 Å². The Morgan fingerprint density at radius 2 is 2.18 bits per heavy atom. The normalized spacial score (nSPS) is 20.3. The van der Waals surface area contributed by atoms with Gasteiger partial charge in [-0.2, -0.15) is 0 Å². The van der Waals surface area contributed by atoms with Crippen LogP contribution < -0.4 is 5.32 Å². The minimum atomic E-state index is -0.432. The summed E-state index contributed by atoms with van der Waals surface area (Å²) in [6.45, 7) is 9.67. The molecule has 0 aromatic rings. The van der Waals surface area contributed by atoms with Gasteiger partial charge in [-0.3, -0.25) is 0 Å². The predicted molar refractivity (Wildman–Crippen MR) is 90.7 cm³/mol. The number of ether oxygens (including phenoxy) is 1. The minimum Gasteiger partial charge on any atom is -0.444 e. The third-order valence-corrected chi connectivity index (χ3v) is 3.87. The molecule has 1 fully saturated rings. The second-order valence-corrected chi connectivity index (χ2v) is 7.22. The lowest BCUT2D eigenvalue weighted by atomic mass is 9.96. The van der Waals surface area contributed by atoms with Crippen molar-refractivity contribution in [1.82, 2.24) is 10.2 Å². The van der Waals surface area contributed by atoms with Crippen LogP contribution in [-0.2, 0) is 4.74 Å². The Hall–Kier alpha value is -1.21. The van der Waals surface area contributed by atoms with Crippen molar-refractivity contribution in [2.45, 2.75) is 83.9 Å². The molecule has 126 valence electrons. The van der Waals surface area contributed by atoms with Gasteiger partial charge in [0.15, 0.2) is 0 Å². The Morgan fingerprint density at radius 3 is 2.82 bits per heavy atom. The van der Waals surface area contributed by atoms with Crippen molar-refractivity contribution in [3.05, 3.63) is 0 Å². The number of amides is 1. The zero-order chi connectivity index (χ0) is 16.6. The molecule has 0 aromatic heterocycles. The van der Waals surface area contributed by atoms with Gasteiger partial charge in [0.25, 0.3) is 0 Å². The highest BCUT2D eigenvalue weighted by Gasteiger charge is 2.31. The summed E-state index contributed by atoms with van der Waals surface area (Å²) in [4.78, 5) is 14.3. The second kappa shape index (κ2) is 9.05. The molecule has 1 aliphatic heterocycles. The average Bonchev–Trinajstić information content (AvgIpc) is 2.42. The summed E-state index contributed by atoms with van der Waals surface area (Å²) in [7, 11) is 0. The summed E-state index contributed by atoms with van der Waals surface area (Å²) >= 11 is 0. The van der Waals surface area contributed by atoms with Gasteiger partial charge >= 0.3 is 6.09 Å². The number of unbranched alkanes of at least 4 members (excludes halogenated alkanes) is 1. The molecule has 0 saturated carbocycles. The van der Waals surface area contributed by atoms with Gasteiger partial charge in [0, 0.05) is 25.0 Å². The molecule has 4 heteroatoms. The quantitative estimate of drug-likeness (QED) is 0.602. The van der Waals surface area contributed by atoms with Crippen LogP contribution >= 0.6 is 0 Å². The number of hydrogen-bond acceptors (Lipinski definition) is 3. The first-order valence-corrected chi connectivity index (χ1v) is 8.50. The van der Waals surface area contributed by atoms with E-state index < -0.39 is 5.60 Å². The van der Waals surface area contributed by atoms with E-state index in [0.717, 1.165) is 45.2 Å². The van der Waals surface area contributed by atoms with Gasteiger partial charge in [-0.25, -0.2) is 4.79 Å². The Bertz CT molecular complexity index is 382. The van der Waals surface area contributed by atoms with E-state index in [1.54, 1.807) is 0 Å². The zero-order valence-electron chi connectivity index (χ0n) is 14.7. The van der Waals surface area contributed by atoms with Crippen LogP contribution in [0.3, 0.4) is 0 Å². The topological polar surface area (TPSA) is 41.6 Å². The molecule has 0 aromatic carbocycles. The lowest BCUT2D eigenvalue weighted by Gasteiger charge is -2.38. The lowest BCUT2D eigenvalue weighted by molar-refractivity contribution is 0.00792. The average molecular weight is 308 g/mol. The molecule has 2 atom stereocenters. The molecule has 2 unspecified atom stereocenters. The van der Waals surface area contributed by atoms with Crippen LogP contribution in [0.4, 0.5) is 4.79 Å². The van der Waals surface area contributed by atoms with E-state index in [1.165, 1.54) is 6.42 Å². The van der Waals surface area contributed by atoms with Crippen molar-refractivity contribution in [3.63, 3.8) is 0 Å². The minimum absolute atomic E-state index is 0.170. The summed E-state index contributed by atoms with van der Waals surface area (Å²) in [5.74, 6) is 2.66. The molecule has 0 radical (unpaired) electrons. The molecule has 1 heterocycles. The third-order valence-electron chi connectivity index (χ3n) is 3.87. The smallest absolute Gasteiger partial charge is 0.410 e. The van der Waals surface area contributed by atoms with Crippen molar-refractivity contribution in [3.8, 4) is 12.3 Å². The first-order chi connectivity index (χ1) is 10.3. The maximum atomic E-state index is 12.4. The van der Waals surface area contributed by atoms with E-state index in [4.69, 9.17) is 11.2 Å². The van der Waals surface area contributed by atoms with Crippen LogP contribution in [0.25, 0.3) is 0 Å². The van der Waals surface area contributed by atoms with Crippen LogP contribution in [-0.4, -0.2) is 41.8 Å². The van der Waals surface area contributed by atoms with Crippen molar-refractivity contribution < 1.29 is 9.53 Å². The van der Waals surface area contributed by atoms with Gasteiger partial charge in [0.1, 0.15) is 5.60 Å². The standard InChI is InChI=1S/C18H32N2O2/c1-6-7-9-12-19-15(2)14-16-11-8-10-13-20(16)17(21)22-18(3,4)5/h1,15-16,19H,7-14H2,2-5H3. The van der Waals surface area contributed by atoms with E-state index >= 15 is 0 Å². The molecule has 1 saturated heterocycles. The number of likely N-dealkylation sites (tertiary alicyclic amines) is 1. The first-order valence-electron chi connectivity index (χ1n) is 8.50.